The largest absolute Gasteiger partial charge is 0.497 e. The van der Waals surface area contributed by atoms with Crippen LogP contribution in [0.3, 0.4) is 0 Å². The predicted octanol–water partition coefficient (Wildman–Crippen LogP) is 4.92. The van der Waals surface area contributed by atoms with Crippen LogP contribution in [0.25, 0.3) is 10.2 Å². The van der Waals surface area contributed by atoms with Gasteiger partial charge in [-0.3, -0.25) is 10.1 Å². The Balaban J connectivity index is 1.65. The van der Waals surface area contributed by atoms with Crippen molar-refractivity contribution in [3.63, 3.8) is 0 Å². The van der Waals surface area contributed by atoms with Gasteiger partial charge in [-0.05, 0) is 30.7 Å². The van der Waals surface area contributed by atoms with Crippen LogP contribution in [0.1, 0.15) is 18.5 Å². The van der Waals surface area contributed by atoms with Crippen LogP contribution < -0.4 is 15.4 Å². The molecule has 0 spiro atoms. The number of fused-ring (bicyclic) bond motifs is 1. The molecule has 4 aromatic rings. The third-order valence-corrected chi connectivity index (χ3v) is 5.41. The van der Waals surface area contributed by atoms with E-state index in [2.05, 4.69) is 25.6 Å². The maximum absolute atomic E-state index is 11.8. The van der Waals surface area contributed by atoms with Crippen molar-refractivity contribution in [1.29, 1.82) is 0 Å². The predicted molar refractivity (Wildman–Crippen MR) is 117 cm³/mol. The van der Waals surface area contributed by atoms with Gasteiger partial charge in [0.1, 0.15) is 12.1 Å². The van der Waals surface area contributed by atoms with E-state index in [-0.39, 0.29) is 23.4 Å². The average molecular weight is 422 g/mol. The van der Waals surface area contributed by atoms with E-state index in [0.29, 0.717) is 10.9 Å². The quantitative estimate of drug-likeness (QED) is 0.318. The number of thiazole rings is 1. The number of nitro groups is 1. The number of aromatic nitrogens is 3. The minimum atomic E-state index is -0.501. The number of methoxy groups -OCH3 is 1. The van der Waals surface area contributed by atoms with Crippen LogP contribution in [0.5, 0.6) is 5.75 Å². The molecule has 10 heteroatoms. The number of nitrogens with one attached hydrogen (secondary N) is 2. The topological polar surface area (TPSA) is 115 Å². The highest BCUT2D eigenvalue weighted by molar-refractivity contribution is 7.22. The number of hydrogen-bond acceptors (Lipinski definition) is 9. The van der Waals surface area contributed by atoms with E-state index >= 15 is 0 Å². The fourth-order valence-electron chi connectivity index (χ4n) is 2.97. The molecule has 0 saturated heterocycles. The zero-order valence-electron chi connectivity index (χ0n) is 16.2. The van der Waals surface area contributed by atoms with Gasteiger partial charge in [0.25, 0.3) is 0 Å². The van der Waals surface area contributed by atoms with Crippen LogP contribution in [-0.2, 0) is 0 Å². The smallest absolute Gasteiger partial charge is 0.353 e. The van der Waals surface area contributed by atoms with E-state index in [0.717, 1.165) is 15.8 Å². The van der Waals surface area contributed by atoms with E-state index in [1.165, 1.54) is 17.7 Å². The van der Waals surface area contributed by atoms with Crippen LogP contribution in [0.15, 0.2) is 54.9 Å². The first-order valence-electron chi connectivity index (χ1n) is 9.07. The third-order valence-electron chi connectivity index (χ3n) is 4.48. The summed E-state index contributed by atoms with van der Waals surface area (Å²) >= 11 is 1.35. The Morgan fingerprint density at radius 2 is 1.90 bits per heavy atom. The summed E-state index contributed by atoms with van der Waals surface area (Å²) in [6, 6.07) is 15.0. The molecule has 30 heavy (non-hydrogen) atoms. The van der Waals surface area contributed by atoms with Gasteiger partial charge in [0.15, 0.2) is 5.13 Å². The molecule has 2 aromatic carbocycles. The van der Waals surface area contributed by atoms with Crippen molar-refractivity contribution in [2.75, 3.05) is 17.7 Å². The molecule has 2 aromatic heterocycles. The summed E-state index contributed by atoms with van der Waals surface area (Å²) < 4.78 is 6.12. The number of hydrogen-bond donors (Lipinski definition) is 2. The molecule has 152 valence electrons. The van der Waals surface area contributed by atoms with Crippen molar-refractivity contribution in [3.8, 4) is 5.75 Å². The van der Waals surface area contributed by atoms with Crippen LogP contribution in [-0.4, -0.2) is 27.0 Å². The van der Waals surface area contributed by atoms with Gasteiger partial charge in [-0.2, -0.15) is 0 Å². The van der Waals surface area contributed by atoms with E-state index in [9.17, 15) is 10.1 Å². The second-order valence-electron chi connectivity index (χ2n) is 6.43. The van der Waals surface area contributed by atoms with Crippen molar-refractivity contribution >= 4 is 44.0 Å². The molecule has 0 fully saturated rings. The molecule has 1 atom stereocenters. The Bertz CT molecular complexity index is 1200. The van der Waals surface area contributed by atoms with Crippen LogP contribution in [0, 0.1) is 10.1 Å². The van der Waals surface area contributed by atoms with Gasteiger partial charge >= 0.3 is 5.69 Å². The maximum atomic E-state index is 11.8. The lowest BCUT2D eigenvalue weighted by Gasteiger charge is -2.15. The number of nitrogens with zero attached hydrogens (tertiary/aromatic N) is 4. The van der Waals surface area contributed by atoms with Crippen LogP contribution in [0.2, 0.25) is 0 Å². The SMILES string of the molecule is COc1ccc2nc(Nc3ncnc(NC(C)c4ccccc4)c3[N+](=O)[O-])sc2c1. The minimum absolute atomic E-state index is 0.0729. The first-order valence-corrected chi connectivity index (χ1v) is 9.89. The molecule has 2 N–H and O–H groups in total. The van der Waals surface area contributed by atoms with Gasteiger partial charge in [-0.25, -0.2) is 15.0 Å². The van der Waals surface area contributed by atoms with Crippen molar-refractivity contribution in [1.82, 2.24) is 15.0 Å². The van der Waals surface area contributed by atoms with Crippen LogP contribution in [0.4, 0.5) is 22.5 Å². The summed E-state index contributed by atoms with van der Waals surface area (Å²) in [4.78, 5) is 24.0. The Kier molecular flexibility index (Phi) is 5.40. The van der Waals surface area contributed by atoms with Crippen molar-refractivity contribution < 1.29 is 9.66 Å². The lowest BCUT2D eigenvalue weighted by atomic mass is 10.1. The summed E-state index contributed by atoms with van der Waals surface area (Å²) in [5.74, 6) is 0.924. The first-order chi connectivity index (χ1) is 14.5. The Hall–Kier alpha value is -3.79. The third kappa shape index (κ3) is 3.98. The molecule has 9 nitrogen and oxygen atoms in total. The number of anilines is 3. The molecular weight excluding hydrogens is 404 g/mol. The molecule has 1 unspecified atom stereocenters. The summed E-state index contributed by atoms with van der Waals surface area (Å²) in [7, 11) is 1.59. The fraction of sp³-hybridized carbons (Fsp3) is 0.150. The van der Waals surface area contributed by atoms with Gasteiger partial charge < -0.3 is 15.4 Å². The Morgan fingerprint density at radius 3 is 2.63 bits per heavy atom. The molecule has 4 rings (SSSR count). The lowest BCUT2D eigenvalue weighted by molar-refractivity contribution is -0.383. The van der Waals surface area contributed by atoms with Crippen molar-refractivity contribution in [2.24, 2.45) is 0 Å². The van der Waals surface area contributed by atoms with Crippen LogP contribution >= 0.6 is 11.3 Å². The van der Waals surface area contributed by atoms with Gasteiger partial charge in [-0.1, -0.05) is 41.7 Å². The highest BCUT2D eigenvalue weighted by Gasteiger charge is 2.25. The zero-order chi connectivity index (χ0) is 21.1. The summed E-state index contributed by atoms with van der Waals surface area (Å²) in [6.45, 7) is 1.91. The molecular formula is C20H18N6O3S. The minimum Gasteiger partial charge on any atom is -0.497 e. The van der Waals surface area contributed by atoms with E-state index in [4.69, 9.17) is 4.74 Å². The molecule has 0 radical (unpaired) electrons. The zero-order valence-corrected chi connectivity index (χ0v) is 17.0. The van der Waals surface area contributed by atoms with E-state index in [1.807, 2.05) is 55.5 Å². The fourth-order valence-corrected chi connectivity index (χ4v) is 3.86. The highest BCUT2D eigenvalue weighted by atomic mass is 32.1. The molecule has 0 saturated carbocycles. The number of rotatable bonds is 7. The molecule has 0 aliphatic rings. The van der Waals surface area contributed by atoms with Crippen molar-refractivity contribution in [3.05, 3.63) is 70.5 Å². The van der Waals surface area contributed by atoms with Gasteiger partial charge in [-0.15, -0.1) is 0 Å². The lowest BCUT2D eigenvalue weighted by Crippen LogP contribution is -2.11. The van der Waals surface area contributed by atoms with E-state index < -0.39 is 4.92 Å². The molecule has 0 bridgehead atoms. The summed E-state index contributed by atoms with van der Waals surface area (Å²) in [6.07, 6.45) is 1.28. The molecule has 0 amide bonds. The molecule has 2 heterocycles. The van der Waals surface area contributed by atoms with Gasteiger partial charge in [0.05, 0.1) is 28.3 Å². The molecule has 0 aliphatic heterocycles. The van der Waals surface area contributed by atoms with Gasteiger partial charge in [0.2, 0.25) is 11.6 Å². The van der Waals surface area contributed by atoms with E-state index in [1.54, 1.807) is 7.11 Å². The normalized spacial score (nSPS) is 11.8. The van der Waals surface area contributed by atoms with Gasteiger partial charge in [0, 0.05) is 0 Å². The number of benzene rings is 2. The second kappa shape index (κ2) is 8.29. The average Bonchev–Trinajstić information content (AvgIpc) is 3.15. The Morgan fingerprint density at radius 1 is 1.13 bits per heavy atom. The molecule has 0 aliphatic carbocycles. The highest BCUT2D eigenvalue weighted by Crippen LogP contribution is 2.36. The number of ether oxygens (including phenoxy) is 1. The monoisotopic (exact) mass is 422 g/mol. The standard InChI is InChI=1S/C20H18N6O3S/c1-12(13-6-4-3-5-7-13)23-18-17(26(27)28)19(22-11-21-18)25-20-24-15-9-8-14(29-2)10-16(15)30-20/h3-12H,1-2H3,(H2,21,22,23,24,25). The maximum Gasteiger partial charge on any atom is 0.353 e. The summed E-state index contributed by atoms with van der Waals surface area (Å²) in [5.41, 5.74) is 1.51. The second-order valence-corrected chi connectivity index (χ2v) is 7.46. The Labute approximate surface area is 175 Å². The van der Waals surface area contributed by atoms with Crippen molar-refractivity contribution in [2.45, 2.75) is 13.0 Å². The summed E-state index contributed by atoms with van der Waals surface area (Å²) in [5, 5.41) is 18.4. The first kappa shape index (κ1) is 19.5.